The van der Waals surface area contributed by atoms with Crippen LogP contribution in [0.2, 0.25) is 0 Å². The summed E-state index contributed by atoms with van der Waals surface area (Å²) in [6.45, 7) is 0. The highest BCUT2D eigenvalue weighted by molar-refractivity contribution is 5.93. The van der Waals surface area contributed by atoms with Crippen LogP contribution >= 0.6 is 0 Å². The molecule has 1 heterocycles. The van der Waals surface area contributed by atoms with Gasteiger partial charge >= 0.3 is 5.97 Å². The maximum absolute atomic E-state index is 11.7. The minimum Gasteiger partial charge on any atom is -0.497 e. The number of nitrogens with two attached hydrogens (primary N) is 1. The largest absolute Gasteiger partial charge is 0.497 e. The lowest BCUT2D eigenvalue weighted by Gasteiger charge is -2.10. The summed E-state index contributed by atoms with van der Waals surface area (Å²) in [6.07, 6.45) is -0.149. The summed E-state index contributed by atoms with van der Waals surface area (Å²) >= 11 is 0. The predicted molar refractivity (Wildman–Crippen MR) is 95.0 cm³/mol. The molecule has 4 N–H and O–H groups in total. The van der Waals surface area contributed by atoms with Gasteiger partial charge in [-0.2, -0.15) is 4.99 Å². The van der Waals surface area contributed by atoms with Crippen LogP contribution < -0.4 is 26.1 Å². The number of nitrogens with one attached hydrogen (secondary N) is 2. The number of aromatic amines is 1. The Morgan fingerprint density at radius 2 is 1.85 bits per heavy atom. The van der Waals surface area contributed by atoms with Crippen molar-refractivity contribution in [3.63, 3.8) is 0 Å². The van der Waals surface area contributed by atoms with Gasteiger partial charge in [-0.05, 0) is 0 Å². The molecule has 0 unspecified atom stereocenters. The quantitative estimate of drug-likeness (QED) is 0.385. The number of methoxy groups -OCH3 is 3. The SMILES string of the molecule is COC(=O)Cc1cc(=O)[nH]c(N=C(N)Nc2cc(OC)cc(OC)c2)n1. The van der Waals surface area contributed by atoms with Crippen LogP contribution in [0.4, 0.5) is 11.6 Å². The Balaban J connectivity index is 2.24. The minimum absolute atomic E-state index is 0.0290. The molecule has 0 bridgehead atoms. The number of hydrogen-bond acceptors (Lipinski definition) is 7. The first kappa shape index (κ1) is 18.8. The molecular weight excluding hydrogens is 342 g/mol. The number of hydrogen-bond donors (Lipinski definition) is 3. The van der Waals surface area contributed by atoms with E-state index in [-0.39, 0.29) is 24.0 Å². The molecule has 1 aromatic heterocycles. The maximum atomic E-state index is 11.7. The molecule has 26 heavy (non-hydrogen) atoms. The van der Waals surface area contributed by atoms with Crippen molar-refractivity contribution in [3.8, 4) is 11.5 Å². The van der Waals surface area contributed by atoms with Gasteiger partial charge in [-0.15, -0.1) is 0 Å². The van der Waals surface area contributed by atoms with Crippen LogP contribution in [-0.2, 0) is 16.0 Å². The van der Waals surface area contributed by atoms with Crippen molar-refractivity contribution in [1.29, 1.82) is 0 Å². The number of ether oxygens (including phenoxy) is 3. The van der Waals surface area contributed by atoms with E-state index in [1.165, 1.54) is 27.4 Å². The van der Waals surface area contributed by atoms with Crippen molar-refractivity contribution in [2.75, 3.05) is 26.6 Å². The summed E-state index contributed by atoms with van der Waals surface area (Å²) in [5, 5.41) is 2.84. The summed E-state index contributed by atoms with van der Waals surface area (Å²) in [4.78, 5) is 33.5. The number of carbonyl (C=O) groups is 1. The number of H-pyrrole nitrogens is 1. The van der Waals surface area contributed by atoms with E-state index in [1.54, 1.807) is 18.2 Å². The second-order valence-corrected chi connectivity index (χ2v) is 5.04. The summed E-state index contributed by atoms with van der Waals surface area (Å²) < 4.78 is 14.9. The summed E-state index contributed by atoms with van der Waals surface area (Å²) in [7, 11) is 4.30. The molecular formula is C16H19N5O5. The lowest BCUT2D eigenvalue weighted by atomic mass is 10.3. The fourth-order valence-corrected chi connectivity index (χ4v) is 2.03. The molecule has 0 radical (unpaired) electrons. The van der Waals surface area contributed by atoms with Gasteiger partial charge in [0.25, 0.3) is 5.56 Å². The highest BCUT2D eigenvalue weighted by Gasteiger charge is 2.08. The Labute approximate surface area is 149 Å². The number of nitrogens with zero attached hydrogens (tertiary/aromatic N) is 2. The van der Waals surface area contributed by atoms with Gasteiger partial charge in [0.15, 0.2) is 0 Å². The van der Waals surface area contributed by atoms with Crippen molar-refractivity contribution in [2.45, 2.75) is 6.42 Å². The normalized spacial score (nSPS) is 11.0. The highest BCUT2D eigenvalue weighted by Crippen LogP contribution is 2.25. The van der Waals surface area contributed by atoms with E-state index in [9.17, 15) is 9.59 Å². The molecule has 2 rings (SSSR count). The van der Waals surface area contributed by atoms with Crippen LogP contribution in [0.5, 0.6) is 11.5 Å². The Bertz CT molecular complexity index is 855. The number of anilines is 1. The zero-order valence-electron chi connectivity index (χ0n) is 14.5. The lowest BCUT2D eigenvalue weighted by molar-refractivity contribution is -0.139. The second-order valence-electron chi connectivity index (χ2n) is 5.04. The summed E-state index contributed by atoms with van der Waals surface area (Å²) in [5.74, 6) is 0.528. The number of rotatable bonds is 6. The van der Waals surface area contributed by atoms with E-state index in [1.807, 2.05) is 0 Å². The number of esters is 1. The molecule has 10 nitrogen and oxygen atoms in total. The molecule has 0 saturated heterocycles. The third-order valence-electron chi connectivity index (χ3n) is 3.19. The first-order valence-electron chi connectivity index (χ1n) is 7.44. The van der Waals surface area contributed by atoms with Crippen LogP contribution in [0.1, 0.15) is 5.69 Å². The van der Waals surface area contributed by atoms with Crippen LogP contribution in [0, 0.1) is 0 Å². The second kappa shape index (κ2) is 8.51. The van der Waals surface area contributed by atoms with Gasteiger partial charge in [-0.25, -0.2) is 4.98 Å². The minimum atomic E-state index is -0.521. The van der Waals surface area contributed by atoms with Crippen LogP contribution in [0.25, 0.3) is 0 Å². The average Bonchev–Trinajstić information content (AvgIpc) is 2.60. The van der Waals surface area contributed by atoms with E-state index >= 15 is 0 Å². The Morgan fingerprint density at radius 3 is 2.42 bits per heavy atom. The van der Waals surface area contributed by atoms with Crippen molar-refractivity contribution >= 4 is 23.6 Å². The van der Waals surface area contributed by atoms with Crippen LogP contribution in [0.15, 0.2) is 34.1 Å². The number of carbonyl (C=O) groups excluding carboxylic acids is 1. The van der Waals surface area contributed by atoms with Crippen molar-refractivity contribution < 1.29 is 19.0 Å². The monoisotopic (exact) mass is 361 g/mol. The average molecular weight is 361 g/mol. The number of guanidine groups is 1. The standard InChI is InChI=1S/C16H19N5O5/c1-24-11-4-9(5-12(8-11)25-2)18-15(17)21-16-19-10(6-13(22)20-16)7-14(23)26-3/h4-6,8H,7H2,1-3H3,(H4,17,18,19,20,21,22). The molecule has 10 heteroatoms. The van der Waals surface area contributed by atoms with E-state index in [4.69, 9.17) is 15.2 Å². The molecule has 2 aromatic rings. The molecule has 0 aliphatic carbocycles. The van der Waals surface area contributed by atoms with Crippen molar-refractivity contribution in [2.24, 2.45) is 10.7 Å². The molecule has 0 aliphatic heterocycles. The van der Waals surface area contributed by atoms with Gasteiger partial charge in [0.05, 0.1) is 33.4 Å². The predicted octanol–water partition coefficient (Wildman–Crippen LogP) is 0.561. The molecule has 0 fully saturated rings. The Kier molecular flexibility index (Phi) is 6.15. The van der Waals surface area contributed by atoms with Gasteiger partial charge in [-0.3, -0.25) is 14.6 Å². The zero-order valence-corrected chi connectivity index (χ0v) is 14.5. The first-order valence-corrected chi connectivity index (χ1v) is 7.44. The smallest absolute Gasteiger partial charge is 0.311 e. The van der Waals surface area contributed by atoms with Gasteiger partial charge < -0.3 is 25.3 Å². The highest BCUT2D eigenvalue weighted by atomic mass is 16.5. The Morgan fingerprint density at radius 1 is 1.19 bits per heavy atom. The lowest BCUT2D eigenvalue weighted by Crippen LogP contribution is -2.23. The molecule has 0 saturated carbocycles. The van der Waals surface area contributed by atoms with E-state index in [2.05, 4.69) is 25.0 Å². The number of aliphatic imine (C=N–C) groups is 1. The third-order valence-corrected chi connectivity index (χ3v) is 3.19. The molecule has 0 amide bonds. The fourth-order valence-electron chi connectivity index (χ4n) is 2.03. The summed E-state index contributed by atoms with van der Waals surface area (Å²) in [6, 6.07) is 6.27. The van der Waals surface area contributed by atoms with Crippen LogP contribution in [-0.4, -0.2) is 43.2 Å². The first-order chi connectivity index (χ1) is 12.4. The third kappa shape index (κ3) is 5.23. The van der Waals surface area contributed by atoms with E-state index in [0.717, 1.165) is 0 Å². The molecule has 0 atom stereocenters. The Hall–Kier alpha value is -3.56. The topological polar surface area (TPSA) is 141 Å². The fraction of sp³-hybridized carbons (Fsp3) is 0.250. The van der Waals surface area contributed by atoms with Crippen LogP contribution in [0.3, 0.4) is 0 Å². The van der Waals surface area contributed by atoms with Gasteiger partial charge in [0, 0.05) is 30.0 Å². The molecule has 0 spiro atoms. The van der Waals surface area contributed by atoms with E-state index < -0.39 is 11.5 Å². The molecule has 138 valence electrons. The van der Waals surface area contributed by atoms with Gasteiger partial charge in [0.2, 0.25) is 11.9 Å². The molecule has 1 aromatic carbocycles. The van der Waals surface area contributed by atoms with Gasteiger partial charge in [0.1, 0.15) is 11.5 Å². The van der Waals surface area contributed by atoms with Crippen molar-refractivity contribution in [1.82, 2.24) is 9.97 Å². The zero-order chi connectivity index (χ0) is 19.1. The summed E-state index contributed by atoms with van der Waals surface area (Å²) in [5.41, 5.74) is 6.17. The van der Waals surface area contributed by atoms with Gasteiger partial charge in [-0.1, -0.05) is 0 Å². The maximum Gasteiger partial charge on any atom is 0.311 e. The number of benzene rings is 1. The van der Waals surface area contributed by atoms with E-state index in [0.29, 0.717) is 17.2 Å². The van der Waals surface area contributed by atoms with Crippen molar-refractivity contribution in [3.05, 3.63) is 40.3 Å². The number of aromatic nitrogens is 2. The molecule has 0 aliphatic rings.